The third kappa shape index (κ3) is 4.40. The van der Waals surface area contributed by atoms with Crippen molar-refractivity contribution in [2.45, 2.75) is 18.9 Å². The Morgan fingerprint density at radius 1 is 1.07 bits per heavy atom. The number of carbonyl (C=O) groups is 3. The van der Waals surface area contributed by atoms with Crippen LogP contribution in [0, 0.1) is 0 Å². The molecule has 1 heterocycles. The molecule has 146 valence electrons. The second-order valence-electron chi connectivity index (χ2n) is 6.25. The Morgan fingerprint density at radius 3 is 2.43 bits per heavy atom. The monoisotopic (exact) mass is 383 g/mol. The SMILES string of the molecule is COc1cc(NC(=O)CC[C@H]2NC(=O)c3ccccc3NC2=O)cc(OC)c1. The fourth-order valence-corrected chi connectivity index (χ4v) is 2.89. The van der Waals surface area contributed by atoms with E-state index in [0.29, 0.717) is 28.4 Å². The number of para-hydroxylation sites is 1. The summed E-state index contributed by atoms with van der Waals surface area (Å²) in [5.74, 6) is 0.0933. The van der Waals surface area contributed by atoms with Crippen LogP contribution in [0.3, 0.4) is 0 Å². The average Bonchev–Trinajstić information content (AvgIpc) is 2.82. The van der Waals surface area contributed by atoms with E-state index in [-0.39, 0.29) is 30.6 Å². The fraction of sp³-hybridized carbons (Fsp3) is 0.250. The molecule has 1 aliphatic rings. The molecule has 0 radical (unpaired) electrons. The summed E-state index contributed by atoms with van der Waals surface area (Å²) in [5, 5.41) is 8.14. The lowest BCUT2D eigenvalue weighted by molar-refractivity contribution is -0.118. The number of anilines is 2. The minimum atomic E-state index is -0.800. The summed E-state index contributed by atoms with van der Waals surface area (Å²) in [6, 6.07) is 11.0. The number of nitrogens with one attached hydrogen (secondary N) is 3. The van der Waals surface area contributed by atoms with Crippen molar-refractivity contribution < 1.29 is 23.9 Å². The molecule has 8 heteroatoms. The molecule has 0 fully saturated rings. The highest BCUT2D eigenvalue weighted by Crippen LogP contribution is 2.26. The van der Waals surface area contributed by atoms with Crippen LogP contribution in [0.1, 0.15) is 23.2 Å². The maximum absolute atomic E-state index is 12.4. The normalized spacial score (nSPS) is 15.6. The molecule has 0 aromatic heterocycles. The number of fused-ring (bicyclic) bond motifs is 1. The van der Waals surface area contributed by atoms with Crippen molar-refractivity contribution in [2.24, 2.45) is 0 Å². The van der Waals surface area contributed by atoms with Crippen LogP contribution in [0.25, 0.3) is 0 Å². The van der Waals surface area contributed by atoms with Gasteiger partial charge in [-0.25, -0.2) is 0 Å². The van der Waals surface area contributed by atoms with Gasteiger partial charge in [0.2, 0.25) is 11.8 Å². The van der Waals surface area contributed by atoms with E-state index in [1.54, 1.807) is 42.5 Å². The molecule has 0 saturated heterocycles. The summed E-state index contributed by atoms with van der Waals surface area (Å²) >= 11 is 0. The first-order valence-electron chi connectivity index (χ1n) is 8.74. The number of benzene rings is 2. The van der Waals surface area contributed by atoms with Crippen LogP contribution in [-0.2, 0) is 9.59 Å². The first kappa shape index (κ1) is 19.2. The van der Waals surface area contributed by atoms with Gasteiger partial charge >= 0.3 is 0 Å². The lowest BCUT2D eigenvalue weighted by Gasteiger charge is -2.14. The van der Waals surface area contributed by atoms with Gasteiger partial charge in [-0.15, -0.1) is 0 Å². The molecule has 3 N–H and O–H groups in total. The molecule has 0 spiro atoms. The van der Waals surface area contributed by atoms with Crippen LogP contribution >= 0.6 is 0 Å². The Hall–Kier alpha value is -3.55. The van der Waals surface area contributed by atoms with Crippen LogP contribution in [0.5, 0.6) is 11.5 Å². The van der Waals surface area contributed by atoms with Crippen molar-refractivity contribution in [3.8, 4) is 11.5 Å². The molecule has 28 heavy (non-hydrogen) atoms. The van der Waals surface area contributed by atoms with E-state index in [2.05, 4.69) is 16.0 Å². The predicted octanol–water partition coefficient (Wildman–Crippen LogP) is 2.17. The lowest BCUT2D eigenvalue weighted by atomic mass is 10.1. The van der Waals surface area contributed by atoms with E-state index < -0.39 is 6.04 Å². The highest BCUT2D eigenvalue weighted by atomic mass is 16.5. The fourth-order valence-electron chi connectivity index (χ4n) is 2.89. The Bertz CT molecular complexity index is 890. The second-order valence-corrected chi connectivity index (χ2v) is 6.25. The van der Waals surface area contributed by atoms with Gasteiger partial charge in [0.05, 0.1) is 25.5 Å². The van der Waals surface area contributed by atoms with Gasteiger partial charge in [0.15, 0.2) is 0 Å². The quantitative estimate of drug-likeness (QED) is 0.709. The summed E-state index contributed by atoms with van der Waals surface area (Å²) in [7, 11) is 3.04. The van der Waals surface area contributed by atoms with Crippen molar-refractivity contribution >= 4 is 29.1 Å². The van der Waals surface area contributed by atoms with Gasteiger partial charge in [0.1, 0.15) is 17.5 Å². The number of carbonyl (C=O) groups excluding carboxylic acids is 3. The van der Waals surface area contributed by atoms with Crippen molar-refractivity contribution in [3.63, 3.8) is 0 Å². The average molecular weight is 383 g/mol. The predicted molar refractivity (Wildman–Crippen MR) is 104 cm³/mol. The summed E-state index contributed by atoms with van der Waals surface area (Å²) < 4.78 is 10.3. The first-order chi connectivity index (χ1) is 13.5. The molecule has 3 rings (SSSR count). The van der Waals surface area contributed by atoms with Crippen LogP contribution in [-0.4, -0.2) is 38.0 Å². The molecule has 2 aromatic rings. The van der Waals surface area contributed by atoms with Gasteiger partial charge in [0, 0.05) is 30.3 Å². The lowest BCUT2D eigenvalue weighted by Crippen LogP contribution is -2.41. The zero-order chi connectivity index (χ0) is 20.1. The maximum atomic E-state index is 12.4. The Labute approximate surface area is 162 Å². The molecule has 1 aliphatic heterocycles. The maximum Gasteiger partial charge on any atom is 0.254 e. The van der Waals surface area contributed by atoms with Crippen molar-refractivity contribution in [2.75, 3.05) is 24.9 Å². The number of hydrogen-bond acceptors (Lipinski definition) is 5. The minimum absolute atomic E-state index is 0.0498. The molecule has 8 nitrogen and oxygen atoms in total. The molecular weight excluding hydrogens is 362 g/mol. The van der Waals surface area contributed by atoms with Crippen LogP contribution in [0.15, 0.2) is 42.5 Å². The van der Waals surface area contributed by atoms with Crippen LogP contribution in [0.4, 0.5) is 11.4 Å². The van der Waals surface area contributed by atoms with E-state index in [1.165, 1.54) is 14.2 Å². The second kappa shape index (κ2) is 8.43. The third-order valence-electron chi connectivity index (χ3n) is 4.35. The highest BCUT2D eigenvalue weighted by molar-refractivity contribution is 6.10. The molecule has 3 amide bonds. The first-order valence-corrected chi connectivity index (χ1v) is 8.74. The topological polar surface area (TPSA) is 106 Å². The van der Waals surface area contributed by atoms with Crippen molar-refractivity contribution in [1.82, 2.24) is 5.32 Å². The molecule has 0 unspecified atom stereocenters. The molecule has 0 bridgehead atoms. The molecule has 0 aliphatic carbocycles. The largest absolute Gasteiger partial charge is 0.497 e. The van der Waals surface area contributed by atoms with Crippen molar-refractivity contribution in [3.05, 3.63) is 48.0 Å². The summed E-state index contributed by atoms with van der Waals surface area (Å²) in [5.41, 5.74) is 1.37. The number of rotatable bonds is 6. The van der Waals surface area contributed by atoms with E-state index in [0.717, 1.165) is 0 Å². The molecule has 2 aromatic carbocycles. The smallest absolute Gasteiger partial charge is 0.254 e. The Morgan fingerprint density at radius 2 is 1.75 bits per heavy atom. The van der Waals surface area contributed by atoms with Crippen LogP contribution in [0.2, 0.25) is 0 Å². The minimum Gasteiger partial charge on any atom is -0.497 e. The van der Waals surface area contributed by atoms with E-state index in [4.69, 9.17) is 9.47 Å². The van der Waals surface area contributed by atoms with Gasteiger partial charge in [-0.05, 0) is 18.6 Å². The number of hydrogen-bond donors (Lipinski definition) is 3. The molecular formula is C20H21N3O5. The third-order valence-corrected chi connectivity index (χ3v) is 4.35. The van der Waals surface area contributed by atoms with E-state index >= 15 is 0 Å². The van der Waals surface area contributed by atoms with E-state index in [9.17, 15) is 14.4 Å². The summed E-state index contributed by atoms with van der Waals surface area (Å²) in [6.45, 7) is 0. The number of ether oxygens (including phenoxy) is 2. The van der Waals surface area contributed by atoms with Crippen LogP contribution < -0.4 is 25.4 Å². The number of amides is 3. The van der Waals surface area contributed by atoms with Gasteiger partial charge < -0.3 is 25.4 Å². The molecule has 1 atom stereocenters. The highest BCUT2D eigenvalue weighted by Gasteiger charge is 2.27. The van der Waals surface area contributed by atoms with E-state index in [1.807, 2.05) is 0 Å². The Kier molecular flexibility index (Phi) is 5.78. The van der Waals surface area contributed by atoms with Gasteiger partial charge in [0.25, 0.3) is 5.91 Å². The number of methoxy groups -OCH3 is 2. The van der Waals surface area contributed by atoms with Crippen molar-refractivity contribution in [1.29, 1.82) is 0 Å². The standard InChI is InChI=1S/C20H21N3O5/c1-27-13-9-12(10-14(11-13)28-2)21-18(24)8-7-17-20(26)22-16-6-4-3-5-15(16)19(25)23-17/h3-6,9-11,17H,7-8H2,1-2H3,(H,21,24)(H,22,26)(H,23,25)/t17-/m1/s1. The Balaban J connectivity index is 1.62. The van der Waals surface area contributed by atoms with Gasteiger partial charge in [-0.3, -0.25) is 14.4 Å². The van der Waals surface area contributed by atoms with Gasteiger partial charge in [-0.1, -0.05) is 12.1 Å². The zero-order valence-electron chi connectivity index (χ0n) is 15.6. The summed E-state index contributed by atoms with van der Waals surface area (Å²) in [6.07, 6.45) is 0.215. The summed E-state index contributed by atoms with van der Waals surface area (Å²) in [4.78, 5) is 37.0. The van der Waals surface area contributed by atoms with Gasteiger partial charge in [-0.2, -0.15) is 0 Å². The molecule has 0 saturated carbocycles. The zero-order valence-corrected chi connectivity index (χ0v) is 15.6.